The first-order valence-corrected chi connectivity index (χ1v) is 44.8. The second kappa shape index (κ2) is 43.2. The molecule has 0 aliphatic heterocycles. The van der Waals surface area contributed by atoms with E-state index in [4.69, 9.17) is 100 Å². The van der Waals surface area contributed by atoms with Gasteiger partial charge in [0.2, 0.25) is 0 Å². The van der Waals surface area contributed by atoms with Crippen LogP contribution in [0.4, 0.5) is 34.1 Å². The highest BCUT2D eigenvalue weighted by molar-refractivity contribution is 9.11. The lowest BCUT2D eigenvalue weighted by Gasteiger charge is -2.20. The molecular formula is C68H54Br4Cl4N16O21S8-4. The molecule has 37 nitrogen and oxygen atoms in total. The first kappa shape index (κ1) is 97.2. The lowest BCUT2D eigenvalue weighted by atomic mass is 10.1. The fourth-order valence-corrected chi connectivity index (χ4v) is 16.6. The second-order valence-electron chi connectivity index (χ2n) is 23.8. The Labute approximate surface area is 762 Å². The Morgan fingerprint density at radius 3 is 0.992 bits per heavy atom. The number of hydrazone groups is 2. The van der Waals surface area contributed by atoms with Gasteiger partial charge in [0, 0.05) is 57.0 Å². The van der Waals surface area contributed by atoms with Gasteiger partial charge in [0.15, 0.2) is 32.5 Å². The van der Waals surface area contributed by atoms with Crippen LogP contribution in [-0.2, 0) is 64.4 Å². The van der Waals surface area contributed by atoms with Crippen molar-refractivity contribution in [3.05, 3.63) is 193 Å². The lowest BCUT2D eigenvalue weighted by molar-refractivity contribution is -0.132. The van der Waals surface area contributed by atoms with Crippen LogP contribution in [0.3, 0.4) is 0 Å². The average molecular weight is 2150 g/mol. The minimum absolute atomic E-state index is 0.00321. The Hall–Kier alpha value is -9.30. The molecule has 640 valence electrons. The van der Waals surface area contributed by atoms with E-state index in [9.17, 15) is 91.5 Å². The number of thiocarbonyl (C=S) groups is 4. The SMILES string of the molecule is O=C(N/N=C\c1cc(Br)c(O)c(Br)c1O)C(Nc1ccc(Cl)cc1Cl)C(=O)NNC(=S)Nc1ccc(/C=C/c2ccc(NC(=S)NCCOCCNC(=S)Nc3ccc(/C=C/c4ccc(NC(=S)NNC(=O)C(Nc5ccc(Cl)cc5Cl)C(=O)N/N=C\c5cc(Br)c(O)c(Br)c5O)cc4S(=O)(=O)[O-])c(S(=O)(=O)[O-])c3)cc2S(=O)(=O)[O-])c(S(=O)(=O)[O-])c1. The fraction of sp³-hybridized carbons (Fsp3) is 0.0882. The van der Waals surface area contributed by atoms with Crippen LogP contribution < -0.4 is 75.1 Å². The number of anilines is 6. The molecule has 8 aromatic rings. The Kier molecular flexibility index (Phi) is 34.6. The van der Waals surface area contributed by atoms with E-state index < -0.39 is 117 Å². The number of aromatic hydroxyl groups is 4. The van der Waals surface area contributed by atoms with Crippen molar-refractivity contribution in [1.29, 1.82) is 0 Å². The molecule has 121 heavy (non-hydrogen) atoms. The molecule has 0 bridgehead atoms. The smallest absolute Gasteiger partial charge is 0.272 e. The van der Waals surface area contributed by atoms with Crippen molar-refractivity contribution in [3.63, 3.8) is 0 Å². The van der Waals surface area contributed by atoms with Crippen molar-refractivity contribution in [2.24, 2.45) is 10.2 Å². The summed E-state index contributed by atoms with van der Waals surface area (Å²) in [5, 5.41) is 69.5. The van der Waals surface area contributed by atoms with E-state index in [0.29, 0.717) is 0 Å². The summed E-state index contributed by atoms with van der Waals surface area (Å²) in [4.78, 5) is 50.7. The second-order valence-corrected chi connectivity index (χ2v) is 35.8. The minimum Gasteiger partial charge on any atom is -0.744 e. The molecule has 0 spiro atoms. The van der Waals surface area contributed by atoms with E-state index in [-0.39, 0.29) is 154 Å². The largest absolute Gasteiger partial charge is 0.744 e. The Balaban J connectivity index is 0.798. The number of nitrogens with one attached hydrogen (secondary N) is 14. The molecule has 53 heteroatoms. The molecule has 0 saturated heterocycles. The van der Waals surface area contributed by atoms with Crippen molar-refractivity contribution >= 4 is 314 Å². The summed E-state index contributed by atoms with van der Waals surface area (Å²) in [7, 11) is -21.1. The third kappa shape index (κ3) is 28.4. The molecule has 0 aliphatic carbocycles. The topological polar surface area (TPSA) is 580 Å². The third-order valence-corrected chi connectivity index (χ3v) is 23.7. The minimum atomic E-state index is -5.32. The Bertz CT molecular complexity index is 5740. The van der Waals surface area contributed by atoms with Gasteiger partial charge in [-0.25, -0.2) is 44.5 Å². The molecule has 4 amide bonds. The van der Waals surface area contributed by atoms with Crippen molar-refractivity contribution in [2.75, 3.05) is 58.2 Å². The summed E-state index contributed by atoms with van der Waals surface area (Å²) >= 11 is 58.1. The van der Waals surface area contributed by atoms with Gasteiger partial charge in [0.05, 0.1) is 75.6 Å². The molecule has 0 saturated carbocycles. The molecule has 0 fully saturated rings. The van der Waals surface area contributed by atoms with Crippen LogP contribution >= 0.6 is 159 Å². The molecule has 8 aromatic carbocycles. The first-order valence-electron chi connectivity index (χ1n) is 32.8. The number of nitrogens with zero attached hydrogens (tertiary/aromatic N) is 2. The molecule has 8 rings (SSSR count). The number of carbonyl (C=O) groups excluding carboxylic acids is 4. The quantitative estimate of drug-likeness (QED) is 0.00379. The van der Waals surface area contributed by atoms with E-state index in [1.807, 2.05) is 0 Å². The van der Waals surface area contributed by atoms with Crippen LogP contribution in [0, 0.1) is 0 Å². The average Bonchev–Trinajstić information content (AvgIpc) is 0.612. The molecule has 18 N–H and O–H groups in total. The number of phenolic OH excluding ortho intramolecular Hbond substituents is 4. The van der Waals surface area contributed by atoms with Gasteiger partial charge in [-0.1, -0.05) is 95.0 Å². The van der Waals surface area contributed by atoms with Gasteiger partial charge in [-0.15, -0.1) is 0 Å². The van der Waals surface area contributed by atoms with E-state index in [1.165, 1.54) is 84.9 Å². The highest BCUT2D eigenvalue weighted by Crippen LogP contribution is 2.42. The lowest BCUT2D eigenvalue weighted by Crippen LogP contribution is -2.54. The van der Waals surface area contributed by atoms with E-state index >= 15 is 0 Å². The third-order valence-electron chi connectivity index (χ3n) is 15.4. The molecule has 2 atom stereocenters. The van der Waals surface area contributed by atoms with E-state index in [1.54, 1.807) is 0 Å². The van der Waals surface area contributed by atoms with Gasteiger partial charge in [-0.2, -0.15) is 10.2 Å². The number of hydrogen-bond donors (Lipinski definition) is 18. The Morgan fingerprint density at radius 2 is 0.702 bits per heavy atom. The standard InChI is InChI=1S/C68H58Br4Cl4N16O21S8/c69-43-21-35(57(93)53(71)59(43)95)29-79-87-61(97)55(85-47-15-9-37(73)23-45(47)75)63(99)89-91-67(116)83-41-13-7-33(51(27-41)120(107,108)109)3-1-31-5-11-39(25-49(31)118(101,102)103)81-65(114)77-17-19-113-20-18-78-66(115)82-40-12-6-32(50(26-40)119(104,105)106)2-4-34-8-14-42(28-52(34)121(110,111)112)84-68(117)92-90-64(100)56(86-48-16-10-38(74)24-46(48)76)62(98)88-80-30-36-22-44(70)60(96)54(72)58(36)94/h1-16,21-30,55-56,85-86,93-96H,17-20H2,(H,87,97)(H,88,98)(H,89,99)(H,90,100)(H2,77,81,114)(H2,78,82,115)(H2,83,91,116)(H2,84,92,117)(H,101,102,103)(H,104,105,106)(H,107,108,109)(H,110,111,112)/p-4/b3-1+,4-2+,79-29-,80-30-. The monoisotopic (exact) mass is 2140 g/mol. The fourth-order valence-electron chi connectivity index (χ4n) is 9.77. The number of phenols is 4. The normalized spacial score (nSPS) is 12.3. The highest BCUT2D eigenvalue weighted by Gasteiger charge is 2.30. The maximum Gasteiger partial charge on any atom is 0.272 e. The van der Waals surface area contributed by atoms with Gasteiger partial charge in [0.25, 0.3) is 23.6 Å². The molecule has 0 heterocycles. The molecule has 0 radical (unpaired) electrons. The molecule has 2 unspecified atom stereocenters. The summed E-state index contributed by atoms with van der Waals surface area (Å²) in [6.07, 6.45) is 6.22. The van der Waals surface area contributed by atoms with E-state index in [0.717, 1.165) is 73.1 Å². The summed E-state index contributed by atoms with van der Waals surface area (Å²) in [5.41, 5.74) is 12.2. The van der Waals surface area contributed by atoms with Gasteiger partial charge < -0.3 is 85.9 Å². The zero-order chi connectivity index (χ0) is 89.2. The van der Waals surface area contributed by atoms with Gasteiger partial charge in [-0.3, -0.25) is 40.9 Å². The van der Waals surface area contributed by atoms with Crippen LogP contribution in [0.1, 0.15) is 33.4 Å². The zero-order valence-corrected chi connectivity index (χ0v) is 75.8. The maximum atomic E-state index is 13.6. The number of carbonyl (C=O) groups is 4. The maximum absolute atomic E-state index is 13.6. The Morgan fingerprint density at radius 1 is 0.405 bits per heavy atom. The zero-order valence-electron chi connectivity index (χ0n) is 59.9. The molecular weight excluding hydrogens is 2090 g/mol. The number of amides is 4. The van der Waals surface area contributed by atoms with Crippen LogP contribution in [0.5, 0.6) is 23.0 Å². The van der Waals surface area contributed by atoms with E-state index in [2.05, 4.69) is 149 Å². The number of benzene rings is 8. The number of rotatable bonds is 30. The number of hydrazine groups is 2. The predicted molar refractivity (Wildman–Crippen MR) is 479 cm³/mol. The van der Waals surface area contributed by atoms with Crippen LogP contribution in [0.2, 0.25) is 20.1 Å². The van der Waals surface area contributed by atoms with Gasteiger partial charge in [-0.05, 0) is 232 Å². The van der Waals surface area contributed by atoms with Crippen molar-refractivity contribution < 1.29 is 96.2 Å². The number of halogens is 8. The van der Waals surface area contributed by atoms with Gasteiger partial charge >= 0.3 is 0 Å². The first-order chi connectivity index (χ1) is 56.7. The summed E-state index contributed by atoms with van der Waals surface area (Å²) < 4.78 is 157. The summed E-state index contributed by atoms with van der Waals surface area (Å²) in [6, 6.07) is 20.4. The number of hydrogen-bond acceptors (Lipinski definition) is 29. The van der Waals surface area contributed by atoms with Gasteiger partial charge in [0.1, 0.15) is 72.4 Å². The van der Waals surface area contributed by atoms with Crippen LogP contribution in [0.15, 0.2) is 169 Å². The van der Waals surface area contributed by atoms with Crippen LogP contribution in [0.25, 0.3) is 24.3 Å². The predicted octanol–water partition coefficient (Wildman–Crippen LogP) is 9.32. The van der Waals surface area contributed by atoms with Crippen molar-refractivity contribution in [1.82, 2.24) is 43.2 Å². The summed E-state index contributed by atoms with van der Waals surface area (Å²) in [5.74, 6) is -5.93. The number of ether oxygens (including phenoxy) is 1. The van der Waals surface area contributed by atoms with Crippen LogP contribution in [-0.4, -0.2) is 167 Å². The molecule has 0 aromatic heterocycles. The van der Waals surface area contributed by atoms with Crippen molar-refractivity contribution in [2.45, 2.75) is 31.7 Å². The molecule has 0 aliphatic rings. The summed E-state index contributed by atoms with van der Waals surface area (Å²) in [6.45, 7) is 0.171. The highest BCUT2D eigenvalue weighted by atomic mass is 79.9. The van der Waals surface area contributed by atoms with Crippen molar-refractivity contribution in [3.8, 4) is 23.0 Å².